The zero-order valence-electron chi connectivity index (χ0n) is 9.99. The summed E-state index contributed by atoms with van der Waals surface area (Å²) in [5.74, 6) is -0.311. The predicted molar refractivity (Wildman–Crippen MR) is 68.7 cm³/mol. The van der Waals surface area contributed by atoms with E-state index < -0.39 is 0 Å². The van der Waals surface area contributed by atoms with Crippen LogP contribution in [0.5, 0.6) is 0 Å². The lowest BCUT2D eigenvalue weighted by molar-refractivity contribution is -0.137. The Morgan fingerprint density at radius 2 is 2.29 bits per heavy atom. The Bertz CT molecular complexity index is 567. The number of aromatic amines is 1. The Morgan fingerprint density at radius 3 is 3.06 bits per heavy atom. The molecule has 1 aromatic carbocycles. The molecule has 0 spiro atoms. The number of hydrogen-bond acceptors (Lipinski definition) is 2. The number of nitrogens with one attached hydrogen (secondary N) is 1. The van der Waals surface area contributed by atoms with Gasteiger partial charge in [0, 0.05) is 28.7 Å². The van der Waals surface area contributed by atoms with E-state index in [1.54, 1.807) is 13.0 Å². The Labute approximate surface area is 100 Å². The van der Waals surface area contributed by atoms with E-state index >= 15 is 0 Å². The molecule has 1 N–H and O–H groups in total. The number of esters is 1. The number of aryl methyl sites for hydroxylation is 1. The highest BCUT2D eigenvalue weighted by Crippen LogP contribution is 2.20. The van der Waals surface area contributed by atoms with E-state index in [9.17, 15) is 4.79 Å². The fraction of sp³-hybridized carbons (Fsp3) is 0.214. The second-order valence-electron chi connectivity index (χ2n) is 3.88. The van der Waals surface area contributed by atoms with E-state index in [0.29, 0.717) is 6.61 Å². The number of ether oxygens (including phenoxy) is 1. The molecule has 0 bridgehead atoms. The lowest BCUT2D eigenvalue weighted by Crippen LogP contribution is -1.98. The molecular weight excluding hydrogens is 214 g/mol. The van der Waals surface area contributed by atoms with Crippen molar-refractivity contribution in [3.8, 4) is 0 Å². The van der Waals surface area contributed by atoms with Crippen LogP contribution in [-0.4, -0.2) is 17.6 Å². The van der Waals surface area contributed by atoms with Crippen molar-refractivity contribution in [3.63, 3.8) is 0 Å². The van der Waals surface area contributed by atoms with Crippen molar-refractivity contribution in [2.24, 2.45) is 0 Å². The SMILES string of the molecule is CCOC(=O)/C=C/c1c[nH]c2ccc(C)cc12. The van der Waals surface area contributed by atoms with Gasteiger partial charge in [-0.3, -0.25) is 0 Å². The van der Waals surface area contributed by atoms with Gasteiger partial charge < -0.3 is 9.72 Å². The lowest BCUT2D eigenvalue weighted by Gasteiger charge is -1.96. The van der Waals surface area contributed by atoms with E-state index in [1.807, 2.05) is 19.2 Å². The first-order valence-electron chi connectivity index (χ1n) is 5.63. The largest absolute Gasteiger partial charge is 0.463 e. The molecule has 0 unspecified atom stereocenters. The van der Waals surface area contributed by atoms with Crippen molar-refractivity contribution in [2.45, 2.75) is 13.8 Å². The van der Waals surface area contributed by atoms with Gasteiger partial charge in [0.1, 0.15) is 0 Å². The zero-order chi connectivity index (χ0) is 12.3. The first kappa shape index (κ1) is 11.5. The first-order valence-corrected chi connectivity index (χ1v) is 5.63. The quantitative estimate of drug-likeness (QED) is 0.649. The molecule has 2 rings (SSSR count). The second kappa shape index (κ2) is 4.87. The Balaban J connectivity index is 2.30. The van der Waals surface area contributed by atoms with Crippen molar-refractivity contribution in [2.75, 3.05) is 6.61 Å². The maximum atomic E-state index is 11.2. The Kier molecular flexibility index (Phi) is 3.28. The van der Waals surface area contributed by atoms with E-state index in [0.717, 1.165) is 16.5 Å². The standard InChI is InChI=1S/C14H15NO2/c1-3-17-14(16)7-5-11-9-15-13-6-4-10(2)8-12(11)13/h4-9,15H,3H2,1-2H3/b7-5+. The van der Waals surface area contributed by atoms with Crippen molar-refractivity contribution >= 4 is 22.9 Å². The van der Waals surface area contributed by atoms with Crippen LogP contribution >= 0.6 is 0 Å². The molecule has 0 aliphatic rings. The topological polar surface area (TPSA) is 42.1 Å². The highest BCUT2D eigenvalue weighted by atomic mass is 16.5. The number of aromatic nitrogens is 1. The molecule has 0 radical (unpaired) electrons. The Hall–Kier alpha value is -2.03. The molecule has 0 saturated carbocycles. The van der Waals surface area contributed by atoms with Crippen LogP contribution in [0.4, 0.5) is 0 Å². The summed E-state index contributed by atoms with van der Waals surface area (Å²) >= 11 is 0. The third kappa shape index (κ3) is 2.56. The molecule has 0 aliphatic carbocycles. The number of rotatable bonds is 3. The van der Waals surface area contributed by atoms with Gasteiger partial charge in [0.15, 0.2) is 0 Å². The van der Waals surface area contributed by atoms with E-state index in [1.165, 1.54) is 11.6 Å². The van der Waals surface area contributed by atoms with Gasteiger partial charge in [-0.15, -0.1) is 0 Å². The average Bonchev–Trinajstić information content (AvgIpc) is 2.69. The summed E-state index contributed by atoms with van der Waals surface area (Å²) in [7, 11) is 0. The molecule has 0 saturated heterocycles. The van der Waals surface area contributed by atoms with Crippen LogP contribution in [-0.2, 0) is 9.53 Å². The molecular formula is C14H15NO2. The molecule has 17 heavy (non-hydrogen) atoms. The number of hydrogen-bond donors (Lipinski definition) is 1. The summed E-state index contributed by atoms with van der Waals surface area (Å²) in [5.41, 5.74) is 3.26. The summed E-state index contributed by atoms with van der Waals surface area (Å²) in [6.07, 6.45) is 5.12. The summed E-state index contributed by atoms with van der Waals surface area (Å²) in [6, 6.07) is 6.18. The van der Waals surface area contributed by atoms with Crippen LogP contribution < -0.4 is 0 Å². The van der Waals surface area contributed by atoms with Gasteiger partial charge in [-0.25, -0.2) is 4.79 Å². The molecule has 1 aromatic heterocycles. The average molecular weight is 229 g/mol. The monoisotopic (exact) mass is 229 g/mol. The van der Waals surface area contributed by atoms with Gasteiger partial charge in [-0.1, -0.05) is 11.6 Å². The van der Waals surface area contributed by atoms with Gasteiger partial charge >= 0.3 is 5.97 Å². The predicted octanol–water partition coefficient (Wildman–Crippen LogP) is 3.05. The number of H-pyrrole nitrogens is 1. The number of carbonyl (C=O) groups is 1. The first-order chi connectivity index (χ1) is 8.20. The summed E-state index contributed by atoms with van der Waals surface area (Å²) in [5, 5.41) is 1.12. The molecule has 88 valence electrons. The molecule has 0 fully saturated rings. The third-order valence-corrected chi connectivity index (χ3v) is 2.55. The van der Waals surface area contributed by atoms with Gasteiger partial charge in [0.05, 0.1) is 6.61 Å². The van der Waals surface area contributed by atoms with Gasteiger partial charge in [-0.05, 0) is 32.1 Å². The van der Waals surface area contributed by atoms with E-state index in [4.69, 9.17) is 4.74 Å². The normalized spacial score (nSPS) is 11.2. The minimum atomic E-state index is -0.311. The molecule has 1 heterocycles. The minimum Gasteiger partial charge on any atom is -0.463 e. The van der Waals surface area contributed by atoms with Gasteiger partial charge in [0.25, 0.3) is 0 Å². The number of benzene rings is 1. The van der Waals surface area contributed by atoms with Crippen molar-refractivity contribution in [1.82, 2.24) is 4.98 Å². The second-order valence-corrected chi connectivity index (χ2v) is 3.88. The fourth-order valence-electron chi connectivity index (χ4n) is 1.74. The molecule has 0 atom stereocenters. The highest BCUT2D eigenvalue weighted by Gasteiger charge is 2.01. The van der Waals surface area contributed by atoms with Gasteiger partial charge in [0.2, 0.25) is 0 Å². The zero-order valence-corrected chi connectivity index (χ0v) is 9.99. The van der Waals surface area contributed by atoms with Crippen LogP contribution in [0, 0.1) is 6.92 Å². The summed E-state index contributed by atoms with van der Waals surface area (Å²) in [4.78, 5) is 14.4. The smallest absolute Gasteiger partial charge is 0.330 e. The maximum absolute atomic E-state index is 11.2. The minimum absolute atomic E-state index is 0.311. The van der Waals surface area contributed by atoms with Crippen molar-refractivity contribution < 1.29 is 9.53 Å². The molecule has 3 heteroatoms. The molecule has 0 aliphatic heterocycles. The number of carbonyl (C=O) groups excluding carboxylic acids is 1. The van der Waals surface area contributed by atoms with Crippen molar-refractivity contribution in [3.05, 3.63) is 41.6 Å². The molecule has 3 nitrogen and oxygen atoms in total. The summed E-state index contributed by atoms with van der Waals surface area (Å²) < 4.78 is 4.84. The van der Waals surface area contributed by atoms with Crippen LogP contribution in [0.25, 0.3) is 17.0 Å². The lowest BCUT2D eigenvalue weighted by atomic mass is 10.1. The summed E-state index contributed by atoms with van der Waals surface area (Å²) in [6.45, 7) is 4.24. The van der Waals surface area contributed by atoms with Crippen molar-refractivity contribution in [1.29, 1.82) is 0 Å². The van der Waals surface area contributed by atoms with Gasteiger partial charge in [-0.2, -0.15) is 0 Å². The Morgan fingerprint density at radius 1 is 1.47 bits per heavy atom. The molecule has 0 amide bonds. The van der Waals surface area contributed by atoms with Crippen LogP contribution in [0.2, 0.25) is 0 Å². The highest BCUT2D eigenvalue weighted by molar-refractivity contribution is 5.94. The van der Waals surface area contributed by atoms with Crippen LogP contribution in [0.1, 0.15) is 18.1 Å². The van der Waals surface area contributed by atoms with E-state index in [-0.39, 0.29) is 5.97 Å². The number of fused-ring (bicyclic) bond motifs is 1. The molecule has 2 aromatic rings. The third-order valence-electron chi connectivity index (χ3n) is 2.55. The van der Waals surface area contributed by atoms with E-state index in [2.05, 4.69) is 17.1 Å². The maximum Gasteiger partial charge on any atom is 0.330 e. The fourth-order valence-corrected chi connectivity index (χ4v) is 1.74. The van der Waals surface area contributed by atoms with Crippen LogP contribution in [0.15, 0.2) is 30.5 Å². The van der Waals surface area contributed by atoms with Crippen LogP contribution in [0.3, 0.4) is 0 Å².